The van der Waals surface area contributed by atoms with Crippen molar-refractivity contribution in [1.29, 1.82) is 0 Å². The summed E-state index contributed by atoms with van der Waals surface area (Å²) in [6.07, 6.45) is 0.0664. The highest BCUT2D eigenvalue weighted by Gasteiger charge is 2.26. The summed E-state index contributed by atoms with van der Waals surface area (Å²) in [5.74, 6) is -1.15. The number of esters is 1. The Morgan fingerprint density at radius 1 is 1.44 bits per heavy atom. The maximum Gasteiger partial charge on any atom is 0.309 e. The van der Waals surface area contributed by atoms with E-state index in [1.807, 2.05) is 6.92 Å². The molecule has 0 saturated heterocycles. The molecule has 0 fully saturated rings. The van der Waals surface area contributed by atoms with Crippen LogP contribution in [0, 0.1) is 5.92 Å². The molecule has 16 heavy (non-hydrogen) atoms. The maximum absolute atomic E-state index is 11.6. The van der Waals surface area contributed by atoms with Crippen molar-refractivity contribution >= 4 is 13.3 Å². The third kappa shape index (κ3) is 6.99. The molecule has 6 heteroatoms. The van der Waals surface area contributed by atoms with E-state index in [0.29, 0.717) is 6.42 Å². The molecule has 0 saturated carbocycles. The smallest absolute Gasteiger partial charge is 0.309 e. The minimum Gasteiger partial charge on any atom is -0.463 e. The molecule has 0 aliphatic heterocycles. The van der Waals surface area contributed by atoms with Crippen molar-refractivity contribution in [1.82, 2.24) is 0 Å². The van der Waals surface area contributed by atoms with E-state index in [9.17, 15) is 14.3 Å². The van der Waals surface area contributed by atoms with Gasteiger partial charge in [-0.25, -0.2) is 0 Å². The fourth-order valence-corrected chi connectivity index (χ4v) is 3.17. The molecule has 0 spiro atoms. The molecule has 3 atom stereocenters. The van der Waals surface area contributed by atoms with Crippen molar-refractivity contribution in [3.05, 3.63) is 0 Å². The minimum absolute atomic E-state index is 0.0561. The average molecular weight is 252 g/mol. The summed E-state index contributed by atoms with van der Waals surface area (Å²) in [5.41, 5.74) is 0. The number of ether oxygens (including phenoxy) is 1. The standard InChI is InChI=1S/C10H21O5P/c1-4-5-16(13,14)7-8(2)10(12)15-6-9(3)11/h8-9,11H,4-7H2,1-3H3,(H,13,14). The summed E-state index contributed by atoms with van der Waals surface area (Å²) < 4.78 is 16.3. The first-order chi connectivity index (χ1) is 7.28. The lowest BCUT2D eigenvalue weighted by molar-refractivity contribution is -0.149. The largest absolute Gasteiger partial charge is 0.463 e. The molecule has 0 heterocycles. The molecule has 0 radical (unpaired) electrons. The van der Waals surface area contributed by atoms with Gasteiger partial charge in [0, 0.05) is 12.3 Å². The van der Waals surface area contributed by atoms with Crippen molar-refractivity contribution < 1.29 is 24.1 Å². The van der Waals surface area contributed by atoms with Crippen LogP contribution in [0.3, 0.4) is 0 Å². The Morgan fingerprint density at radius 3 is 2.44 bits per heavy atom. The summed E-state index contributed by atoms with van der Waals surface area (Å²) >= 11 is 0. The van der Waals surface area contributed by atoms with Gasteiger partial charge in [0.1, 0.15) is 6.61 Å². The first-order valence-corrected chi connectivity index (χ1v) is 7.47. The average Bonchev–Trinajstić information content (AvgIpc) is 2.12. The van der Waals surface area contributed by atoms with Gasteiger partial charge in [-0.15, -0.1) is 0 Å². The molecule has 0 rings (SSSR count). The van der Waals surface area contributed by atoms with E-state index in [-0.39, 0.29) is 18.9 Å². The van der Waals surface area contributed by atoms with Gasteiger partial charge in [0.05, 0.1) is 12.0 Å². The summed E-state index contributed by atoms with van der Waals surface area (Å²) in [4.78, 5) is 20.9. The molecule has 0 aromatic rings. The highest BCUT2D eigenvalue weighted by molar-refractivity contribution is 7.58. The predicted molar refractivity (Wildman–Crippen MR) is 61.7 cm³/mol. The van der Waals surface area contributed by atoms with Gasteiger partial charge in [0.2, 0.25) is 7.37 Å². The lowest BCUT2D eigenvalue weighted by Crippen LogP contribution is -2.23. The van der Waals surface area contributed by atoms with E-state index < -0.39 is 25.4 Å². The van der Waals surface area contributed by atoms with Gasteiger partial charge >= 0.3 is 5.97 Å². The summed E-state index contributed by atoms with van der Waals surface area (Å²) in [7, 11) is -3.21. The van der Waals surface area contributed by atoms with Crippen molar-refractivity contribution in [2.24, 2.45) is 5.92 Å². The van der Waals surface area contributed by atoms with Crippen LogP contribution in [-0.2, 0) is 14.1 Å². The van der Waals surface area contributed by atoms with Crippen LogP contribution in [0.2, 0.25) is 0 Å². The van der Waals surface area contributed by atoms with Crippen LogP contribution >= 0.6 is 7.37 Å². The molecule has 0 aromatic carbocycles. The molecule has 0 aliphatic rings. The van der Waals surface area contributed by atoms with Crippen LogP contribution in [0.15, 0.2) is 0 Å². The van der Waals surface area contributed by atoms with Crippen LogP contribution < -0.4 is 0 Å². The first-order valence-electron chi connectivity index (χ1n) is 5.44. The third-order valence-electron chi connectivity index (χ3n) is 2.00. The minimum atomic E-state index is -3.21. The third-order valence-corrected chi connectivity index (χ3v) is 4.27. The van der Waals surface area contributed by atoms with Gasteiger partial charge in [-0.05, 0) is 13.3 Å². The number of hydrogen-bond donors (Lipinski definition) is 2. The highest BCUT2D eigenvalue weighted by atomic mass is 31.2. The van der Waals surface area contributed by atoms with Crippen LogP contribution in [0.5, 0.6) is 0 Å². The second-order valence-electron chi connectivity index (χ2n) is 4.13. The van der Waals surface area contributed by atoms with Crippen molar-refractivity contribution in [2.75, 3.05) is 18.9 Å². The topological polar surface area (TPSA) is 83.8 Å². The fourth-order valence-electron chi connectivity index (χ4n) is 1.29. The Kier molecular flexibility index (Phi) is 6.88. The summed E-state index contributed by atoms with van der Waals surface area (Å²) in [5, 5.41) is 8.92. The van der Waals surface area contributed by atoms with Crippen LogP contribution in [0.1, 0.15) is 27.2 Å². The molecule has 0 amide bonds. The monoisotopic (exact) mass is 252 g/mol. The second-order valence-corrected chi connectivity index (χ2v) is 6.64. The second kappa shape index (κ2) is 7.05. The zero-order valence-electron chi connectivity index (χ0n) is 10.0. The lowest BCUT2D eigenvalue weighted by atomic mass is 10.2. The first kappa shape index (κ1) is 15.6. The molecular formula is C10H21O5P. The SMILES string of the molecule is CCCP(=O)(O)CC(C)C(=O)OCC(C)O. The van der Waals surface area contributed by atoms with Gasteiger partial charge < -0.3 is 14.7 Å². The van der Waals surface area contributed by atoms with Crippen molar-refractivity contribution in [3.63, 3.8) is 0 Å². The van der Waals surface area contributed by atoms with Crippen molar-refractivity contribution in [3.8, 4) is 0 Å². The van der Waals surface area contributed by atoms with Crippen LogP contribution in [0.4, 0.5) is 0 Å². The Labute approximate surface area is 96.3 Å². The van der Waals surface area contributed by atoms with Gasteiger partial charge in [-0.2, -0.15) is 0 Å². The number of aliphatic hydroxyl groups excluding tert-OH is 1. The number of carbonyl (C=O) groups is 1. The molecular weight excluding hydrogens is 231 g/mol. The Hall–Kier alpha value is -0.380. The van der Waals surface area contributed by atoms with E-state index in [4.69, 9.17) is 9.84 Å². The molecule has 2 N–H and O–H groups in total. The fraction of sp³-hybridized carbons (Fsp3) is 0.900. The van der Waals surface area contributed by atoms with E-state index in [0.717, 1.165) is 0 Å². The number of hydrogen-bond acceptors (Lipinski definition) is 4. The van der Waals surface area contributed by atoms with Gasteiger partial charge in [-0.3, -0.25) is 9.36 Å². The molecule has 0 aromatic heterocycles. The number of aliphatic hydroxyl groups is 1. The summed E-state index contributed by atoms with van der Waals surface area (Å²) in [6, 6.07) is 0. The quantitative estimate of drug-likeness (QED) is 0.526. The van der Waals surface area contributed by atoms with E-state index in [1.165, 1.54) is 6.92 Å². The van der Waals surface area contributed by atoms with Gasteiger partial charge in [0.15, 0.2) is 0 Å². The molecule has 96 valence electrons. The highest BCUT2D eigenvalue weighted by Crippen LogP contribution is 2.43. The van der Waals surface area contributed by atoms with Gasteiger partial charge in [0.25, 0.3) is 0 Å². The Morgan fingerprint density at radius 2 is 2.00 bits per heavy atom. The molecule has 3 unspecified atom stereocenters. The number of rotatable bonds is 7. The van der Waals surface area contributed by atoms with Crippen molar-refractivity contribution in [2.45, 2.75) is 33.3 Å². The van der Waals surface area contributed by atoms with E-state index >= 15 is 0 Å². The van der Waals surface area contributed by atoms with E-state index in [1.54, 1.807) is 6.92 Å². The molecule has 0 aliphatic carbocycles. The molecule has 0 bridgehead atoms. The molecule has 5 nitrogen and oxygen atoms in total. The van der Waals surface area contributed by atoms with E-state index in [2.05, 4.69) is 0 Å². The maximum atomic E-state index is 11.6. The van der Waals surface area contributed by atoms with Crippen LogP contribution in [-0.4, -0.2) is 41.0 Å². The lowest BCUT2D eigenvalue weighted by Gasteiger charge is -2.16. The van der Waals surface area contributed by atoms with Gasteiger partial charge in [-0.1, -0.05) is 13.8 Å². The predicted octanol–water partition coefficient (Wildman–Crippen LogP) is 1.23. The zero-order chi connectivity index (χ0) is 12.8. The normalized spacial score (nSPS) is 18.6. The van der Waals surface area contributed by atoms with Crippen LogP contribution in [0.25, 0.3) is 0 Å². The summed E-state index contributed by atoms with van der Waals surface area (Å²) in [6.45, 7) is 4.81. The zero-order valence-corrected chi connectivity index (χ0v) is 10.9. The Bertz CT molecular complexity index is 264. The number of carbonyl (C=O) groups excluding carboxylic acids is 1. The Balaban J connectivity index is 4.09.